The van der Waals surface area contributed by atoms with Crippen molar-refractivity contribution >= 4 is 40.9 Å². The molecule has 0 spiro atoms. The minimum absolute atomic E-state index is 0.0949. The summed E-state index contributed by atoms with van der Waals surface area (Å²) in [7, 11) is 0. The van der Waals surface area contributed by atoms with Crippen LogP contribution in [-0.2, 0) is 16.1 Å². The van der Waals surface area contributed by atoms with Crippen molar-refractivity contribution in [3.05, 3.63) is 59.4 Å². The number of piperidine rings is 2. The number of likely N-dealkylation sites (tertiary alicyclic amines) is 1. The van der Waals surface area contributed by atoms with Gasteiger partial charge in [0.1, 0.15) is 11.6 Å². The molecule has 3 aromatic rings. The number of urea groups is 1. The molecular formula is C42H49F3N10O5. The van der Waals surface area contributed by atoms with Crippen LogP contribution in [0.1, 0.15) is 55.5 Å². The number of anilines is 3. The second-order valence-corrected chi connectivity index (χ2v) is 17.2. The third-order valence-electron chi connectivity index (χ3n) is 13.4. The van der Waals surface area contributed by atoms with Crippen molar-refractivity contribution in [1.29, 1.82) is 0 Å². The number of carbonyl (C=O) groups is 4. The lowest BCUT2D eigenvalue weighted by Crippen LogP contribution is -2.72. The minimum atomic E-state index is -2.82. The van der Waals surface area contributed by atoms with Crippen LogP contribution in [-0.4, -0.2) is 148 Å². The fourth-order valence-electron chi connectivity index (χ4n) is 10.4. The molecule has 318 valence electrons. The molecule has 15 nitrogen and oxygen atoms in total. The molecule has 6 aliphatic rings. The number of phenolic OH excluding ortho intramolecular Hbond substituents is 1. The van der Waals surface area contributed by atoms with Gasteiger partial charge in [-0.1, -0.05) is 12.1 Å². The van der Waals surface area contributed by atoms with Crippen LogP contribution in [0.3, 0.4) is 0 Å². The molecule has 0 radical (unpaired) electrons. The van der Waals surface area contributed by atoms with Crippen molar-refractivity contribution in [2.75, 3.05) is 74.0 Å². The van der Waals surface area contributed by atoms with Crippen molar-refractivity contribution in [1.82, 2.24) is 35.1 Å². The Morgan fingerprint density at radius 3 is 2.47 bits per heavy atom. The number of nitrogens with zero attached hydrogens (tertiary/aromatic N) is 8. The summed E-state index contributed by atoms with van der Waals surface area (Å²) in [5.74, 6) is -1.70. The van der Waals surface area contributed by atoms with Gasteiger partial charge in [0.05, 0.1) is 17.9 Å². The lowest BCUT2D eigenvalue weighted by Gasteiger charge is -2.55. The molecule has 60 heavy (non-hydrogen) atoms. The number of rotatable bonds is 6. The van der Waals surface area contributed by atoms with Crippen LogP contribution in [0, 0.1) is 11.7 Å². The number of benzene rings is 2. The number of hydrogen-bond donors (Lipinski definition) is 3. The topological polar surface area (TPSA) is 158 Å². The highest BCUT2D eigenvalue weighted by Gasteiger charge is 2.54. The van der Waals surface area contributed by atoms with E-state index in [4.69, 9.17) is 0 Å². The maximum Gasteiger partial charge on any atom is 0.320 e. The summed E-state index contributed by atoms with van der Waals surface area (Å²) in [6.45, 7) is 8.51. The monoisotopic (exact) mass is 830 g/mol. The zero-order valence-corrected chi connectivity index (χ0v) is 33.6. The number of aromatic hydroxyl groups is 1. The van der Waals surface area contributed by atoms with Gasteiger partial charge in [-0.2, -0.15) is 0 Å². The van der Waals surface area contributed by atoms with Gasteiger partial charge in [0.15, 0.2) is 17.4 Å². The van der Waals surface area contributed by atoms with Gasteiger partial charge in [-0.05, 0) is 74.9 Å². The molecule has 2 aromatic carbocycles. The number of aromatic nitrogens is 2. The second kappa shape index (κ2) is 15.4. The van der Waals surface area contributed by atoms with E-state index < -0.39 is 35.5 Å². The van der Waals surface area contributed by atoms with E-state index in [0.717, 1.165) is 62.9 Å². The number of imide groups is 1. The zero-order valence-electron chi connectivity index (χ0n) is 33.6. The number of amides is 5. The Labute approximate surface area is 345 Å². The standard InChI is InChI=1S/C42H49F3N10O5/c1-24-16-26(20-50-10-12-51(13-11-50)28-7-6-27-21-53(39(59)30(27)18-28)33-8-9-35(56)47-38(33)58)17-25(2)55(24)41(60)52-14-15-54-34-19-32(29-4-3-5-31(43)36(29)57)48-49-37(34)46-22-42(54,23-52)40(44)45/h3-7,18-19,24-26,33,40,57H,8-17,20-23H2,1-2H3,(H,46,49)(H,47,56,58)/t24?,25?,26?,33-,42+/m1/s1. The molecular weight excluding hydrogens is 782 g/mol. The van der Waals surface area contributed by atoms with Gasteiger partial charge in [0.25, 0.3) is 12.3 Å². The molecule has 0 saturated carbocycles. The third-order valence-corrected chi connectivity index (χ3v) is 13.4. The van der Waals surface area contributed by atoms with E-state index in [9.17, 15) is 28.7 Å². The van der Waals surface area contributed by atoms with Crippen molar-refractivity contribution in [2.45, 2.75) is 76.2 Å². The molecule has 0 bridgehead atoms. The summed E-state index contributed by atoms with van der Waals surface area (Å²) in [5, 5.41) is 24.0. The first-order chi connectivity index (χ1) is 28.8. The summed E-state index contributed by atoms with van der Waals surface area (Å²) < 4.78 is 44.7. The van der Waals surface area contributed by atoms with Crippen molar-refractivity contribution in [2.24, 2.45) is 5.92 Å². The number of piperazine rings is 2. The molecule has 0 aliphatic carbocycles. The van der Waals surface area contributed by atoms with Crippen LogP contribution >= 0.6 is 0 Å². The van der Waals surface area contributed by atoms with Gasteiger partial charge in [-0.3, -0.25) is 24.6 Å². The number of halogens is 3. The molecule has 7 heterocycles. The molecule has 3 N–H and O–H groups in total. The lowest BCUT2D eigenvalue weighted by atomic mass is 9.86. The van der Waals surface area contributed by atoms with E-state index in [1.807, 2.05) is 36.9 Å². The largest absolute Gasteiger partial charge is 0.504 e. The molecule has 4 fully saturated rings. The van der Waals surface area contributed by atoms with Gasteiger partial charge in [-0.25, -0.2) is 18.0 Å². The fraction of sp³-hybridized carbons (Fsp3) is 0.524. The quantitative estimate of drug-likeness (QED) is 0.311. The smallest absolute Gasteiger partial charge is 0.320 e. The highest BCUT2D eigenvalue weighted by Crippen LogP contribution is 2.43. The normalized spacial score (nSPS) is 27.1. The van der Waals surface area contributed by atoms with Gasteiger partial charge >= 0.3 is 6.03 Å². The molecule has 4 atom stereocenters. The number of fused-ring (bicyclic) bond motifs is 4. The lowest BCUT2D eigenvalue weighted by molar-refractivity contribution is -0.136. The van der Waals surface area contributed by atoms with Crippen LogP contribution in [0.4, 0.5) is 35.2 Å². The molecule has 2 unspecified atom stereocenters. The molecule has 5 amide bonds. The SMILES string of the molecule is CC1CC(CN2CCN(c3ccc4c(c3)C(=O)N([C@@H]3CCC(=O)NC3=O)C4)CC2)CC(C)N1C(=O)N1CCN2c3cc(-c4cccc(F)c4O)nnc3NC[C@@]2(C(F)F)C1. The Morgan fingerprint density at radius 1 is 0.967 bits per heavy atom. The van der Waals surface area contributed by atoms with Gasteiger partial charge < -0.3 is 34.9 Å². The van der Waals surface area contributed by atoms with E-state index in [0.29, 0.717) is 36.0 Å². The first kappa shape index (κ1) is 39.8. The van der Waals surface area contributed by atoms with Crippen molar-refractivity contribution in [3.8, 4) is 17.0 Å². The minimum Gasteiger partial charge on any atom is -0.504 e. The van der Waals surface area contributed by atoms with Gasteiger partial charge in [0.2, 0.25) is 11.8 Å². The summed E-state index contributed by atoms with van der Waals surface area (Å²) in [5.41, 5.74) is 1.28. The third kappa shape index (κ3) is 6.91. The average Bonchev–Trinajstić information content (AvgIpc) is 3.56. The Hall–Kier alpha value is -5.65. The number of para-hydroxylation sites is 1. The van der Waals surface area contributed by atoms with E-state index in [1.54, 1.807) is 14.7 Å². The molecule has 1 aromatic heterocycles. The van der Waals surface area contributed by atoms with E-state index in [-0.39, 0.29) is 73.8 Å². The van der Waals surface area contributed by atoms with E-state index in [1.165, 1.54) is 18.2 Å². The van der Waals surface area contributed by atoms with Crippen LogP contribution in [0.5, 0.6) is 5.75 Å². The summed E-state index contributed by atoms with van der Waals surface area (Å²) in [6, 6.07) is 10.4. The number of carbonyl (C=O) groups excluding carboxylic acids is 4. The average molecular weight is 831 g/mol. The van der Waals surface area contributed by atoms with Crippen LogP contribution in [0.15, 0.2) is 42.5 Å². The highest BCUT2D eigenvalue weighted by molar-refractivity contribution is 6.05. The van der Waals surface area contributed by atoms with Crippen molar-refractivity contribution < 1.29 is 37.5 Å². The van der Waals surface area contributed by atoms with Crippen LogP contribution in [0.25, 0.3) is 11.3 Å². The molecule has 6 aliphatic heterocycles. The van der Waals surface area contributed by atoms with Gasteiger partial charge in [-0.15, -0.1) is 10.2 Å². The summed E-state index contributed by atoms with van der Waals surface area (Å²) in [4.78, 5) is 63.1. The Bertz CT molecular complexity index is 2210. The fourth-order valence-corrected chi connectivity index (χ4v) is 10.4. The molecule has 9 rings (SSSR count). The maximum absolute atomic E-state index is 15.3. The van der Waals surface area contributed by atoms with Crippen molar-refractivity contribution in [3.63, 3.8) is 0 Å². The number of alkyl halides is 2. The predicted molar refractivity (Wildman–Crippen MR) is 215 cm³/mol. The van der Waals surface area contributed by atoms with E-state index >= 15 is 8.78 Å². The Balaban J connectivity index is 0.803. The number of nitrogens with one attached hydrogen (secondary N) is 2. The molecule has 18 heteroatoms. The maximum atomic E-state index is 15.3. The first-order valence-electron chi connectivity index (χ1n) is 20.8. The van der Waals surface area contributed by atoms with Crippen LogP contribution < -0.4 is 20.4 Å². The Kier molecular flexibility index (Phi) is 10.2. The Morgan fingerprint density at radius 2 is 1.73 bits per heavy atom. The number of phenols is 1. The number of hydrogen-bond acceptors (Lipinski definition) is 11. The highest BCUT2D eigenvalue weighted by atomic mass is 19.3. The summed E-state index contributed by atoms with van der Waals surface area (Å²) >= 11 is 0. The van der Waals surface area contributed by atoms with E-state index in [2.05, 4.69) is 30.6 Å². The summed E-state index contributed by atoms with van der Waals surface area (Å²) in [6.07, 6.45) is -0.708. The zero-order chi connectivity index (χ0) is 42.0. The van der Waals surface area contributed by atoms with Crippen LogP contribution in [0.2, 0.25) is 0 Å². The second-order valence-electron chi connectivity index (χ2n) is 17.2. The predicted octanol–water partition coefficient (Wildman–Crippen LogP) is 3.73. The first-order valence-corrected chi connectivity index (χ1v) is 20.8. The molecule has 4 saturated heterocycles. The van der Waals surface area contributed by atoms with Gasteiger partial charge in [0, 0.05) is 94.2 Å².